The third-order valence-electron chi connectivity index (χ3n) is 4.38. The zero-order valence-corrected chi connectivity index (χ0v) is 15.2. The number of hydrogen-bond donors (Lipinski definition) is 1. The van der Waals surface area contributed by atoms with Gasteiger partial charge >= 0.3 is 5.97 Å². The summed E-state index contributed by atoms with van der Waals surface area (Å²) in [5, 5.41) is 3.62. The molecule has 1 aromatic rings. The highest BCUT2D eigenvalue weighted by Gasteiger charge is 2.29. The minimum Gasteiger partial charge on any atom is -0.462 e. The van der Waals surface area contributed by atoms with Crippen molar-refractivity contribution in [2.24, 2.45) is 0 Å². The molecule has 2 rings (SSSR count). The SMILES string of the molecule is CCOC(=O)c1c(NC(=O)C(C)N(CC)CC)sc2c1CCC2. The Morgan fingerprint density at radius 3 is 2.57 bits per heavy atom. The van der Waals surface area contributed by atoms with Crippen LogP contribution in [-0.4, -0.2) is 42.5 Å². The van der Waals surface area contributed by atoms with E-state index in [-0.39, 0.29) is 17.9 Å². The Hall–Kier alpha value is -1.40. The minimum absolute atomic E-state index is 0.0702. The van der Waals surface area contributed by atoms with Gasteiger partial charge in [0.05, 0.1) is 18.2 Å². The lowest BCUT2D eigenvalue weighted by atomic mass is 10.1. The fraction of sp³-hybridized carbons (Fsp3) is 0.647. The number of carbonyl (C=O) groups excluding carboxylic acids is 2. The maximum Gasteiger partial charge on any atom is 0.341 e. The van der Waals surface area contributed by atoms with Gasteiger partial charge in [-0.25, -0.2) is 4.79 Å². The van der Waals surface area contributed by atoms with Crippen molar-refractivity contribution in [3.8, 4) is 0 Å². The second-order valence-electron chi connectivity index (χ2n) is 5.67. The van der Waals surface area contributed by atoms with E-state index in [1.807, 2.05) is 20.8 Å². The van der Waals surface area contributed by atoms with Gasteiger partial charge in [0.1, 0.15) is 5.00 Å². The summed E-state index contributed by atoms with van der Waals surface area (Å²) in [5.41, 5.74) is 1.64. The number of hydrogen-bond acceptors (Lipinski definition) is 5. The predicted molar refractivity (Wildman–Crippen MR) is 93.3 cm³/mol. The molecule has 0 saturated carbocycles. The lowest BCUT2D eigenvalue weighted by molar-refractivity contribution is -0.120. The summed E-state index contributed by atoms with van der Waals surface area (Å²) in [6.45, 7) is 9.74. The maximum atomic E-state index is 12.5. The minimum atomic E-state index is -0.322. The van der Waals surface area contributed by atoms with Gasteiger partial charge < -0.3 is 10.1 Å². The predicted octanol–water partition coefficient (Wildman–Crippen LogP) is 3.08. The second-order valence-corrected chi connectivity index (χ2v) is 6.77. The smallest absolute Gasteiger partial charge is 0.341 e. The van der Waals surface area contributed by atoms with Gasteiger partial charge in [-0.3, -0.25) is 9.69 Å². The van der Waals surface area contributed by atoms with Gasteiger partial charge in [-0.05, 0) is 51.8 Å². The standard InChI is InChI=1S/C17H26N2O3S/c1-5-19(6-2)11(4)15(20)18-16-14(17(21)22-7-3)12-9-8-10-13(12)23-16/h11H,5-10H2,1-4H3,(H,18,20). The average molecular weight is 338 g/mol. The van der Waals surface area contributed by atoms with Gasteiger partial charge in [0, 0.05) is 4.88 Å². The van der Waals surface area contributed by atoms with Crippen LogP contribution in [0, 0.1) is 0 Å². The average Bonchev–Trinajstić information content (AvgIpc) is 3.08. The lowest BCUT2D eigenvalue weighted by Crippen LogP contribution is -2.41. The van der Waals surface area contributed by atoms with E-state index in [1.54, 1.807) is 6.92 Å². The highest BCUT2D eigenvalue weighted by Crippen LogP contribution is 2.39. The third-order valence-corrected chi connectivity index (χ3v) is 5.58. The Morgan fingerprint density at radius 2 is 1.96 bits per heavy atom. The van der Waals surface area contributed by atoms with Crippen LogP contribution in [0.1, 0.15) is 54.9 Å². The Balaban J connectivity index is 2.23. The highest BCUT2D eigenvalue weighted by atomic mass is 32.1. The van der Waals surface area contributed by atoms with Crippen molar-refractivity contribution in [3.63, 3.8) is 0 Å². The molecule has 1 aromatic heterocycles. The van der Waals surface area contributed by atoms with Crippen LogP contribution >= 0.6 is 11.3 Å². The molecule has 0 bridgehead atoms. The Labute approximate surface area is 142 Å². The van der Waals surface area contributed by atoms with Gasteiger partial charge in [-0.2, -0.15) is 0 Å². The summed E-state index contributed by atoms with van der Waals surface area (Å²) in [7, 11) is 0. The quantitative estimate of drug-likeness (QED) is 0.776. The van der Waals surface area contributed by atoms with Crippen molar-refractivity contribution in [1.29, 1.82) is 0 Å². The number of carbonyl (C=O) groups is 2. The summed E-state index contributed by atoms with van der Waals surface area (Å²) in [6, 6.07) is -0.225. The van der Waals surface area contributed by atoms with Gasteiger partial charge in [-0.1, -0.05) is 13.8 Å². The maximum absolute atomic E-state index is 12.5. The van der Waals surface area contributed by atoms with E-state index in [0.29, 0.717) is 17.2 Å². The lowest BCUT2D eigenvalue weighted by Gasteiger charge is -2.25. The first kappa shape index (κ1) is 17.9. The number of nitrogens with zero attached hydrogens (tertiary/aromatic N) is 1. The van der Waals surface area contributed by atoms with Crippen LogP contribution in [0.4, 0.5) is 5.00 Å². The van der Waals surface area contributed by atoms with Crippen molar-refractivity contribution in [3.05, 3.63) is 16.0 Å². The molecule has 23 heavy (non-hydrogen) atoms. The van der Waals surface area contributed by atoms with Crippen LogP contribution in [0.2, 0.25) is 0 Å². The fourth-order valence-electron chi connectivity index (χ4n) is 3.07. The first-order valence-corrected chi connectivity index (χ1v) is 9.21. The van der Waals surface area contributed by atoms with E-state index in [0.717, 1.165) is 37.9 Å². The summed E-state index contributed by atoms with van der Waals surface area (Å²) < 4.78 is 5.19. The fourth-order valence-corrected chi connectivity index (χ4v) is 4.35. The number of thiophene rings is 1. The molecule has 1 atom stereocenters. The Morgan fingerprint density at radius 1 is 1.26 bits per heavy atom. The molecule has 0 aliphatic heterocycles. The molecule has 1 heterocycles. The number of nitrogens with one attached hydrogen (secondary N) is 1. The monoisotopic (exact) mass is 338 g/mol. The van der Waals surface area contributed by atoms with Gasteiger partial charge in [0.2, 0.25) is 5.91 Å². The molecule has 0 aromatic carbocycles. The summed E-state index contributed by atoms with van der Waals surface area (Å²) >= 11 is 1.52. The summed E-state index contributed by atoms with van der Waals surface area (Å²) in [4.78, 5) is 28.1. The van der Waals surface area contributed by atoms with E-state index >= 15 is 0 Å². The zero-order valence-electron chi connectivity index (χ0n) is 14.4. The first-order chi connectivity index (χ1) is 11.0. The van der Waals surface area contributed by atoms with Crippen molar-refractivity contribution in [2.45, 2.75) is 53.0 Å². The van der Waals surface area contributed by atoms with Crippen LogP contribution in [-0.2, 0) is 22.4 Å². The number of anilines is 1. The molecular formula is C17H26N2O3S. The highest BCUT2D eigenvalue weighted by molar-refractivity contribution is 7.17. The largest absolute Gasteiger partial charge is 0.462 e. The summed E-state index contributed by atoms with van der Waals surface area (Å²) in [5.74, 6) is -0.392. The van der Waals surface area contributed by atoms with Crippen molar-refractivity contribution in [2.75, 3.05) is 25.0 Å². The van der Waals surface area contributed by atoms with Crippen LogP contribution < -0.4 is 5.32 Å². The van der Waals surface area contributed by atoms with Crippen LogP contribution in [0.15, 0.2) is 0 Å². The molecule has 0 radical (unpaired) electrons. The van der Waals surface area contributed by atoms with Crippen LogP contribution in [0.25, 0.3) is 0 Å². The Kier molecular flexibility index (Phi) is 6.18. The Bertz CT molecular complexity index is 579. The van der Waals surface area contributed by atoms with E-state index in [1.165, 1.54) is 16.2 Å². The van der Waals surface area contributed by atoms with Crippen LogP contribution in [0.3, 0.4) is 0 Å². The molecule has 6 heteroatoms. The van der Waals surface area contributed by atoms with Gasteiger partial charge in [-0.15, -0.1) is 11.3 Å². The summed E-state index contributed by atoms with van der Waals surface area (Å²) in [6.07, 6.45) is 2.94. The van der Waals surface area contributed by atoms with Crippen LogP contribution in [0.5, 0.6) is 0 Å². The molecule has 128 valence electrons. The van der Waals surface area contributed by atoms with Crippen molar-refractivity contribution in [1.82, 2.24) is 4.90 Å². The second kappa shape index (κ2) is 7.93. The van der Waals surface area contributed by atoms with Gasteiger partial charge in [0.25, 0.3) is 0 Å². The molecule has 5 nitrogen and oxygen atoms in total. The number of rotatable bonds is 7. The number of fused-ring (bicyclic) bond motifs is 1. The molecule has 0 spiro atoms. The van der Waals surface area contributed by atoms with E-state index in [2.05, 4.69) is 10.2 Å². The zero-order chi connectivity index (χ0) is 17.0. The molecule has 1 unspecified atom stereocenters. The van der Waals surface area contributed by atoms with Gasteiger partial charge in [0.15, 0.2) is 0 Å². The third kappa shape index (κ3) is 3.75. The van der Waals surface area contributed by atoms with E-state index in [9.17, 15) is 9.59 Å². The first-order valence-electron chi connectivity index (χ1n) is 8.39. The molecule has 1 aliphatic rings. The number of aryl methyl sites for hydroxylation is 1. The van der Waals surface area contributed by atoms with E-state index < -0.39 is 0 Å². The molecule has 0 saturated heterocycles. The molecule has 1 amide bonds. The number of amides is 1. The van der Waals surface area contributed by atoms with Crippen molar-refractivity contribution >= 4 is 28.2 Å². The van der Waals surface area contributed by atoms with Crippen molar-refractivity contribution < 1.29 is 14.3 Å². The van der Waals surface area contributed by atoms with E-state index in [4.69, 9.17) is 4.74 Å². The molecular weight excluding hydrogens is 312 g/mol. The number of ether oxygens (including phenoxy) is 1. The molecule has 1 N–H and O–H groups in total. The topological polar surface area (TPSA) is 58.6 Å². The number of likely N-dealkylation sites (N-methyl/N-ethyl adjacent to an activating group) is 1. The normalized spacial score (nSPS) is 14.7. The number of esters is 1. The molecule has 0 fully saturated rings. The molecule has 1 aliphatic carbocycles.